The molecular formula is C12H12BrN5O. The maximum Gasteiger partial charge on any atom is 0.238 e. The maximum atomic E-state index is 11.8. The van der Waals surface area contributed by atoms with Gasteiger partial charge in [-0.05, 0) is 34.1 Å². The van der Waals surface area contributed by atoms with Gasteiger partial charge in [0.2, 0.25) is 5.91 Å². The summed E-state index contributed by atoms with van der Waals surface area (Å²) in [5.41, 5.74) is 6.77. The van der Waals surface area contributed by atoms with Gasteiger partial charge >= 0.3 is 0 Å². The highest BCUT2D eigenvalue weighted by atomic mass is 79.9. The number of nitriles is 2. The van der Waals surface area contributed by atoms with Crippen molar-refractivity contribution in [2.75, 3.05) is 30.7 Å². The van der Waals surface area contributed by atoms with Crippen LogP contribution < -0.4 is 11.1 Å². The van der Waals surface area contributed by atoms with Crippen molar-refractivity contribution in [3.63, 3.8) is 0 Å². The van der Waals surface area contributed by atoms with Crippen molar-refractivity contribution in [3.05, 3.63) is 22.7 Å². The molecule has 0 heterocycles. The second-order valence-corrected chi connectivity index (χ2v) is 4.60. The molecule has 1 aromatic rings. The fraction of sp³-hybridized carbons (Fsp3) is 0.250. The third-order valence-electron chi connectivity index (χ3n) is 2.22. The first-order valence-corrected chi connectivity index (χ1v) is 6.17. The summed E-state index contributed by atoms with van der Waals surface area (Å²) >= 11 is 3.29. The van der Waals surface area contributed by atoms with Gasteiger partial charge in [-0.15, -0.1) is 0 Å². The fourth-order valence-electron chi connectivity index (χ4n) is 1.39. The summed E-state index contributed by atoms with van der Waals surface area (Å²) in [4.78, 5) is 13.2. The van der Waals surface area contributed by atoms with Gasteiger partial charge in [0.15, 0.2) is 0 Å². The minimum absolute atomic E-state index is 0.0159. The third-order valence-corrected chi connectivity index (χ3v) is 2.88. The smallest absolute Gasteiger partial charge is 0.238 e. The van der Waals surface area contributed by atoms with Gasteiger partial charge in [0, 0.05) is 10.2 Å². The Kier molecular flexibility index (Phi) is 5.80. The van der Waals surface area contributed by atoms with Gasteiger partial charge < -0.3 is 11.1 Å². The Hall–Kier alpha value is -2.09. The van der Waals surface area contributed by atoms with Gasteiger partial charge in [0.1, 0.15) is 0 Å². The van der Waals surface area contributed by atoms with Crippen LogP contribution in [-0.4, -0.2) is 30.4 Å². The molecule has 7 heteroatoms. The van der Waals surface area contributed by atoms with Gasteiger partial charge in [0.25, 0.3) is 0 Å². The number of nitrogen functional groups attached to an aromatic ring is 1. The molecule has 1 aromatic carbocycles. The molecule has 6 nitrogen and oxygen atoms in total. The van der Waals surface area contributed by atoms with Crippen LogP contribution in [0.4, 0.5) is 11.4 Å². The zero-order valence-corrected chi connectivity index (χ0v) is 11.6. The highest BCUT2D eigenvalue weighted by molar-refractivity contribution is 9.10. The van der Waals surface area contributed by atoms with Gasteiger partial charge in [-0.3, -0.25) is 9.69 Å². The van der Waals surface area contributed by atoms with E-state index in [4.69, 9.17) is 16.3 Å². The minimum atomic E-state index is -0.295. The number of amides is 1. The van der Waals surface area contributed by atoms with E-state index in [1.165, 1.54) is 4.90 Å². The molecule has 0 saturated heterocycles. The number of carbonyl (C=O) groups is 1. The normalized spacial score (nSPS) is 9.68. The zero-order valence-electron chi connectivity index (χ0n) is 10.1. The molecule has 0 unspecified atom stereocenters. The van der Waals surface area contributed by atoms with Gasteiger partial charge in [0.05, 0.1) is 37.5 Å². The Balaban J connectivity index is 2.64. The number of benzene rings is 1. The van der Waals surface area contributed by atoms with Crippen molar-refractivity contribution in [1.29, 1.82) is 10.5 Å². The molecule has 0 atom stereocenters. The van der Waals surface area contributed by atoms with Crippen molar-refractivity contribution in [3.8, 4) is 12.1 Å². The van der Waals surface area contributed by atoms with Crippen molar-refractivity contribution >= 4 is 33.2 Å². The summed E-state index contributed by atoms with van der Waals surface area (Å²) < 4.78 is 0.674. The van der Waals surface area contributed by atoms with E-state index in [0.717, 1.165) is 0 Å². The summed E-state index contributed by atoms with van der Waals surface area (Å²) in [6, 6.07) is 8.84. The van der Waals surface area contributed by atoms with Crippen molar-refractivity contribution in [2.45, 2.75) is 0 Å². The molecule has 0 saturated carbocycles. The van der Waals surface area contributed by atoms with E-state index in [9.17, 15) is 4.79 Å². The molecular weight excluding hydrogens is 310 g/mol. The Morgan fingerprint density at radius 2 is 2.00 bits per heavy atom. The summed E-state index contributed by atoms with van der Waals surface area (Å²) in [6.07, 6.45) is 0. The predicted octanol–water partition coefficient (Wildman–Crippen LogP) is 1.32. The SMILES string of the molecule is N#CCN(CC#N)CC(=O)Nc1ccc(N)cc1Br. The molecule has 98 valence electrons. The van der Waals surface area contributed by atoms with Gasteiger partial charge in [-0.2, -0.15) is 10.5 Å². The van der Waals surface area contributed by atoms with Crippen LogP contribution in [0.2, 0.25) is 0 Å². The molecule has 3 N–H and O–H groups in total. The van der Waals surface area contributed by atoms with E-state index in [2.05, 4.69) is 21.2 Å². The maximum absolute atomic E-state index is 11.8. The average Bonchev–Trinajstić information content (AvgIpc) is 2.33. The molecule has 0 bridgehead atoms. The van der Waals surface area contributed by atoms with Crippen LogP contribution in [0.25, 0.3) is 0 Å². The minimum Gasteiger partial charge on any atom is -0.399 e. The Morgan fingerprint density at radius 3 is 2.53 bits per heavy atom. The van der Waals surface area contributed by atoms with Crippen LogP contribution in [0.3, 0.4) is 0 Å². The van der Waals surface area contributed by atoms with E-state index in [1.807, 2.05) is 12.1 Å². The highest BCUT2D eigenvalue weighted by Gasteiger charge is 2.11. The number of anilines is 2. The number of halogens is 1. The number of nitrogens with one attached hydrogen (secondary N) is 1. The van der Waals surface area contributed by atoms with Gasteiger partial charge in [-0.25, -0.2) is 0 Å². The lowest BCUT2D eigenvalue weighted by molar-refractivity contribution is -0.117. The standard InChI is InChI=1S/C12H12BrN5O/c13-10-7-9(16)1-2-11(10)17-12(19)8-18(5-3-14)6-4-15/h1-2,7H,5-6,8,16H2,(H,17,19). The number of nitrogens with zero attached hydrogens (tertiary/aromatic N) is 3. The van der Waals surface area contributed by atoms with Crippen LogP contribution >= 0.6 is 15.9 Å². The molecule has 1 rings (SSSR count). The molecule has 0 fully saturated rings. The number of carbonyl (C=O) groups excluding carboxylic acids is 1. The van der Waals surface area contributed by atoms with E-state index in [1.54, 1.807) is 18.2 Å². The van der Waals surface area contributed by atoms with Crippen LogP contribution in [-0.2, 0) is 4.79 Å². The monoisotopic (exact) mass is 321 g/mol. The second kappa shape index (κ2) is 7.37. The quantitative estimate of drug-likeness (QED) is 0.628. The molecule has 0 aliphatic carbocycles. The van der Waals surface area contributed by atoms with E-state index in [0.29, 0.717) is 15.8 Å². The van der Waals surface area contributed by atoms with E-state index in [-0.39, 0.29) is 25.5 Å². The van der Waals surface area contributed by atoms with Crippen molar-refractivity contribution in [1.82, 2.24) is 4.90 Å². The Morgan fingerprint density at radius 1 is 1.37 bits per heavy atom. The predicted molar refractivity (Wildman–Crippen MR) is 74.9 cm³/mol. The first-order chi connectivity index (χ1) is 9.06. The Labute approximate surface area is 119 Å². The Bertz CT molecular complexity index is 530. The number of hydrogen-bond donors (Lipinski definition) is 2. The van der Waals surface area contributed by atoms with Gasteiger partial charge in [-0.1, -0.05) is 0 Å². The lowest BCUT2D eigenvalue weighted by atomic mass is 10.3. The molecule has 0 radical (unpaired) electrons. The lowest BCUT2D eigenvalue weighted by Crippen LogP contribution is -2.33. The summed E-state index contributed by atoms with van der Waals surface area (Å²) in [6.45, 7) is 0.0473. The molecule has 0 aliphatic heterocycles. The van der Waals surface area contributed by atoms with Crippen LogP contribution in [0, 0.1) is 22.7 Å². The summed E-state index contributed by atoms with van der Waals surface area (Å²) in [7, 11) is 0. The molecule has 0 aromatic heterocycles. The molecule has 0 spiro atoms. The molecule has 0 aliphatic rings. The third kappa shape index (κ3) is 4.96. The number of rotatable bonds is 5. The highest BCUT2D eigenvalue weighted by Crippen LogP contribution is 2.24. The van der Waals surface area contributed by atoms with Crippen LogP contribution in [0.5, 0.6) is 0 Å². The number of hydrogen-bond acceptors (Lipinski definition) is 5. The largest absolute Gasteiger partial charge is 0.399 e. The zero-order chi connectivity index (χ0) is 14.3. The van der Waals surface area contributed by atoms with Crippen LogP contribution in [0.1, 0.15) is 0 Å². The van der Waals surface area contributed by atoms with Crippen molar-refractivity contribution < 1.29 is 4.79 Å². The van der Waals surface area contributed by atoms with Crippen LogP contribution in [0.15, 0.2) is 22.7 Å². The first kappa shape index (κ1) is 15.0. The fourth-order valence-corrected chi connectivity index (χ4v) is 1.89. The topological polar surface area (TPSA) is 106 Å². The first-order valence-electron chi connectivity index (χ1n) is 5.38. The van der Waals surface area contributed by atoms with Crippen molar-refractivity contribution in [2.24, 2.45) is 0 Å². The lowest BCUT2D eigenvalue weighted by Gasteiger charge is -2.15. The molecule has 19 heavy (non-hydrogen) atoms. The number of nitrogens with two attached hydrogens (primary N) is 1. The average molecular weight is 322 g/mol. The van der Waals surface area contributed by atoms with E-state index < -0.39 is 0 Å². The molecule has 1 amide bonds. The second-order valence-electron chi connectivity index (χ2n) is 3.75. The summed E-state index contributed by atoms with van der Waals surface area (Å²) in [5, 5.41) is 19.9. The summed E-state index contributed by atoms with van der Waals surface area (Å²) in [5.74, 6) is -0.295. The van der Waals surface area contributed by atoms with E-state index >= 15 is 0 Å².